The van der Waals surface area contributed by atoms with Gasteiger partial charge in [-0.25, -0.2) is 4.98 Å². The number of anilines is 1. The molecule has 3 rings (SSSR count). The normalized spacial score (nSPS) is 11.1. The summed E-state index contributed by atoms with van der Waals surface area (Å²) >= 11 is 6.73. The summed E-state index contributed by atoms with van der Waals surface area (Å²) in [5.41, 5.74) is 6.76. The molecule has 2 nitrogen and oxygen atoms in total. The third kappa shape index (κ3) is 1.75. The molecule has 0 unspecified atom stereocenters. The lowest BCUT2D eigenvalue weighted by atomic mass is 10.3. The molecule has 2 heterocycles. The number of benzene rings is 1. The molecule has 1 aromatic carbocycles. The number of nitrogens with zero attached hydrogens (tertiary/aromatic N) is 1. The maximum atomic E-state index is 5.72. The van der Waals surface area contributed by atoms with E-state index in [1.807, 2.05) is 24.3 Å². The first-order valence-corrected chi connectivity index (χ1v) is 7.07. The minimum Gasteiger partial charge on any atom is -0.391 e. The summed E-state index contributed by atoms with van der Waals surface area (Å²) in [6, 6.07) is 10.1. The van der Waals surface area contributed by atoms with Gasteiger partial charge in [0, 0.05) is 4.47 Å². The number of halogens is 1. The second kappa shape index (κ2) is 3.84. The van der Waals surface area contributed by atoms with Crippen LogP contribution in [0.25, 0.3) is 20.1 Å². The Kier molecular flexibility index (Phi) is 2.46. The molecule has 0 fully saturated rings. The Bertz CT molecular complexity index is 657. The van der Waals surface area contributed by atoms with Crippen molar-refractivity contribution >= 4 is 53.8 Å². The van der Waals surface area contributed by atoms with Crippen molar-refractivity contribution in [3.8, 4) is 9.88 Å². The van der Waals surface area contributed by atoms with E-state index in [4.69, 9.17) is 5.73 Å². The van der Waals surface area contributed by atoms with Crippen molar-refractivity contribution < 1.29 is 0 Å². The average Bonchev–Trinajstić information content (AvgIpc) is 2.83. The number of aromatic nitrogens is 1. The van der Waals surface area contributed by atoms with Crippen LogP contribution in [-0.2, 0) is 0 Å². The summed E-state index contributed by atoms with van der Waals surface area (Å²) in [4.78, 5) is 5.72. The Hall–Kier alpha value is -0.910. The van der Waals surface area contributed by atoms with Gasteiger partial charge in [0.25, 0.3) is 0 Å². The molecule has 2 N–H and O–H groups in total. The first kappa shape index (κ1) is 10.3. The highest BCUT2D eigenvalue weighted by molar-refractivity contribution is 9.10. The topological polar surface area (TPSA) is 38.9 Å². The van der Waals surface area contributed by atoms with Crippen LogP contribution < -0.4 is 5.73 Å². The van der Waals surface area contributed by atoms with Crippen LogP contribution in [0.3, 0.4) is 0 Å². The third-order valence-corrected chi connectivity index (χ3v) is 4.78. The maximum absolute atomic E-state index is 5.72. The SMILES string of the molecule is Nc1ccc(-c2nc3ccc(Br)cc3s2)s1. The van der Waals surface area contributed by atoms with E-state index in [1.165, 1.54) is 4.70 Å². The number of rotatable bonds is 1. The van der Waals surface area contributed by atoms with Gasteiger partial charge in [0.1, 0.15) is 5.01 Å². The van der Waals surface area contributed by atoms with Gasteiger partial charge in [0.05, 0.1) is 20.1 Å². The molecule has 5 heteroatoms. The van der Waals surface area contributed by atoms with Gasteiger partial charge < -0.3 is 5.73 Å². The van der Waals surface area contributed by atoms with Crippen molar-refractivity contribution in [3.63, 3.8) is 0 Å². The summed E-state index contributed by atoms with van der Waals surface area (Å²) in [5, 5.41) is 1.87. The molecule has 0 spiro atoms. The molecule has 0 amide bonds. The summed E-state index contributed by atoms with van der Waals surface area (Å²) < 4.78 is 2.28. The first-order valence-electron chi connectivity index (χ1n) is 4.64. The van der Waals surface area contributed by atoms with Gasteiger partial charge in [0.2, 0.25) is 0 Å². The molecule has 0 aliphatic heterocycles. The second-order valence-corrected chi connectivity index (χ2v) is 6.39. The summed E-state index contributed by atoms with van der Waals surface area (Å²) in [5.74, 6) is 0. The minimum absolute atomic E-state index is 0.829. The summed E-state index contributed by atoms with van der Waals surface area (Å²) in [6.45, 7) is 0. The molecule has 0 radical (unpaired) electrons. The van der Waals surface area contributed by atoms with Crippen LogP contribution in [0, 0.1) is 0 Å². The smallest absolute Gasteiger partial charge is 0.134 e. The molecule has 3 aromatic rings. The van der Waals surface area contributed by atoms with E-state index < -0.39 is 0 Å². The van der Waals surface area contributed by atoms with E-state index in [-0.39, 0.29) is 0 Å². The quantitative estimate of drug-likeness (QED) is 0.725. The van der Waals surface area contributed by atoms with Gasteiger partial charge in [-0.15, -0.1) is 22.7 Å². The maximum Gasteiger partial charge on any atom is 0.134 e. The molecule has 0 aliphatic carbocycles. The van der Waals surface area contributed by atoms with E-state index >= 15 is 0 Å². The molecule has 80 valence electrons. The lowest BCUT2D eigenvalue weighted by molar-refractivity contribution is 1.50. The second-order valence-electron chi connectivity index (χ2n) is 3.33. The minimum atomic E-state index is 0.829. The fourth-order valence-electron chi connectivity index (χ4n) is 1.47. The zero-order valence-corrected chi connectivity index (χ0v) is 11.3. The molecule has 16 heavy (non-hydrogen) atoms. The van der Waals surface area contributed by atoms with Crippen LogP contribution in [-0.4, -0.2) is 4.98 Å². The van der Waals surface area contributed by atoms with Crippen molar-refractivity contribution in [2.24, 2.45) is 0 Å². The summed E-state index contributed by atoms with van der Waals surface area (Å²) in [6.07, 6.45) is 0. The van der Waals surface area contributed by atoms with Gasteiger partial charge >= 0.3 is 0 Å². The number of thiophene rings is 1. The van der Waals surface area contributed by atoms with Crippen molar-refractivity contribution in [2.45, 2.75) is 0 Å². The van der Waals surface area contributed by atoms with Crippen LogP contribution in [0.15, 0.2) is 34.8 Å². The Labute approximate surface area is 109 Å². The highest BCUT2D eigenvalue weighted by atomic mass is 79.9. The lowest BCUT2D eigenvalue weighted by Gasteiger charge is -1.86. The van der Waals surface area contributed by atoms with Gasteiger partial charge in [-0.2, -0.15) is 0 Å². The third-order valence-electron chi connectivity index (χ3n) is 2.19. The zero-order valence-electron chi connectivity index (χ0n) is 8.11. The number of nitrogens with two attached hydrogens (primary N) is 1. The Balaban J connectivity index is 2.18. The average molecular weight is 311 g/mol. The van der Waals surface area contributed by atoms with Crippen LogP contribution >= 0.6 is 38.6 Å². The van der Waals surface area contributed by atoms with Gasteiger partial charge in [0.15, 0.2) is 0 Å². The predicted octanol–water partition coefficient (Wildman–Crippen LogP) is 4.37. The lowest BCUT2D eigenvalue weighted by Crippen LogP contribution is -1.72. The number of thiazole rings is 1. The number of fused-ring (bicyclic) bond motifs is 1. The fourth-order valence-corrected chi connectivity index (χ4v) is 3.82. The van der Waals surface area contributed by atoms with Crippen molar-refractivity contribution in [3.05, 3.63) is 34.8 Å². The number of hydrogen-bond acceptors (Lipinski definition) is 4. The molecule has 2 aromatic heterocycles. The number of nitrogen functional groups attached to an aromatic ring is 1. The van der Waals surface area contributed by atoms with Crippen LogP contribution in [0.1, 0.15) is 0 Å². The molecule has 0 atom stereocenters. The molecule has 0 bridgehead atoms. The molecular formula is C11H7BrN2S2. The Morgan fingerprint density at radius 2 is 2.00 bits per heavy atom. The van der Waals surface area contributed by atoms with Gasteiger partial charge in [-0.05, 0) is 30.3 Å². The van der Waals surface area contributed by atoms with E-state index in [2.05, 4.69) is 27.0 Å². The van der Waals surface area contributed by atoms with E-state index in [0.717, 1.165) is 24.9 Å². The fraction of sp³-hybridized carbons (Fsp3) is 0. The highest BCUT2D eigenvalue weighted by Gasteiger charge is 2.08. The largest absolute Gasteiger partial charge is 0.391 e. The van der Waals surface area contributed by atoms with Crippen molar-refractivity contribution in [2.75, 3.05) is 5.73 Å². The van der Waals surface area contributed by atoms with Gasteiger partial charge in [-0.1, -0.05) is 15.9 Å². The monoisotopic (exact) mass is 310 g/mol. The van der Waals surface area contributed by atoms with Gasteiger partial charge in [-0.3, -0.25) is 0 Å². The molecule has 0 aliphatic rings. The molecular weight excluding hydrogens is 304 g/mol. The van der Waals surface area contributed by atoms with Crippen LogP contribution in [0.5, 0.6) is 0 Å². The Morgan fingerprint density at radius 1 is 1.12 bits per heavy atom. The first-order chi connectivity index (χ1) is 7.72. The van der Waals surface area contributed by atoms with Crippen molar-refractivity contribution in [1.82, 2.24) is 4.98 Å². The van der Waals surface area contributed by atoms with E-state index in [9.17, 15) is 0 Å². The van der Waals surface area contributed by atoms with Crippen LogP contribution in [0.4, 0.5) is 5.00 Å². The molecule has 0 saturated carbocycles. The Morgan fingerprint density at radius 3 is 2.75 bits per heavy atom. The summed E-state index contributed by atoms with van der Waals surface area (Å²) in [7, 11) is 0. The highest BCUT2D eigenvalue weighted by Crippen LogP contribution is 2.35. The van der Waals surface area contributed by atoms with E-state index in [1.54, 1.807) is 22.7 Å². The van der Waals surface area contributed by atoms with Crippen molar-refractivity contribution in [1.29, 1.82) is 0 Å². The zero-order chi connectivity index (χ0) is 11.1. The number of hydrogen-bond donors (Lipinski definition) is 1. The standard InChI is InChI=1S/C11H7BrN2S2/c12-6-1-2-7-9(5-6)16-11(14-7)8-3-4-10(13)15-8/h1-5H,13H2. The molecule has 0 saturated heterocycles. The van der Waals surface area contributed by atoms with E-state index in [0.29, 0.717) is 0 Å². The van der Waals surface area contributed by atoms with Crippen LogP contribution in [0.2, 0.25) is 0 Å². The predicted molar refractivity (Wildman–Crippen MR) is 75.0 cm³/mol.